The van der Waals surface area contributed by atoms with Crippen molar-refractivity contribution < 1.29 is 14.3 Å². The molecule has 0 bridgehead atoms. The van der Waals surface area contributed by atoms with Crippen LogP contribution in [0.1, 0.15) is 36.5 Å². The van der Waals surface area contributed by atoms with Gasteiger partial charge >= 0.3 is 0 Å². The maximum absolute atomic E-state index is 13.7. The van der Waals surface area contributed by atoms with Crippen molar-refractivity contribution in [2.75, 3.05) is 23.5 Å². The normalized spacial score (nSPS) is 14.7. The van der Waals surface area contributed by atoms with E-state index >= 15 is 0 Å². The van der Waals surface area contributed by atoms with Gasteiger partial charge in [0.1, 0.15) is 5.75 Å². The lowest BCUT2D eigenvalue weighted by Crippen LogP contribution is -2.31. The quantitative estimate of drug-likeness (QED) is 0.289. The number of carbonyl (C=O) groups is 2. The number of benzene rings is 3. The Hall–Kier alpha value is -4.48. The predicted molar refractivity (Wildman–Crippen MR) is 161 cm³/mol. The Morgan fingerprint density at radius 2 is 1.73 bits per heavy atom. The SMILES string of the molecule is CCc1cccc(C)c1NC(=O)CSC1=C(C#N)C(c2ccccc2)C(C(=O)Nc2ccccc2OC)=C(C)N1. The maximum Gasteiger partial charge on any atom is 0.254 e. The average molecular weight is 553 g/mol. The van der Waals surface area contributed by atoms with Gasteiger partial charge < -0.3 is 20.7 Å². The van der Waals surface area contributed by atoms with Crippen LogP contribution in [-0.2, 0) is 16.0 Å². The summed E-state index contributed by atoms with van der Waals surface area (Å²) >= 11 is 1.25. The molecular formula is C32H32N4O3S. The Morgan fingerprint density at radius 3 is 2.42 bits per heavy atom. The third kappa shape index (κ3) is 6.22. The van der Waals surface area contributed by atoms with Gasteiger partial charge in [0.25, 0.3) is 5.91 Å². The molecule has 3 aromatic rings. The molecule has 0 aliphatic carbocycles. The molecule has 0 spiro atoms. The maximum atomic E-state index is 13.7. The van der Waals surface area contributed by atoms with Gasteiger partial charge in [-0.3, -0.25) is 9.59 Å². The molecule has 2 amide bonds. The first-order chi connectivity index (χ1) is 19.4. The Kier molecular flexibility index (Phi) is 9.31. The fourth-order valence-corrected chi connectivity index (χ4v) is 5.65. The van der Waals surface area contributed by atoms with E-state index in [4.69, 9.17) is 4.74 Å². The molecule has 0 saturated heterocycles. The number of rotatable bonds is 9. The third-order valence-corrected chi connectivity index (χ3v) is 7.75. The molecule has 0 radical (unpaired) electrons. The zero-order valence-corrected chi connectivity index (χ0v) is 23.8. The summed E-state index contributed by atoms with van der Waals surface area (Å²) in [6.07, 6.45) is 0.804. The summed E-state index contributed by atoms with van der Waals surface area (Å²) < 4.78 is 5.40. The molecule has 0 aromatic heterocycles. The average Bonchev–Trinajstić information content (AvgIpc) is 2.97. The van der Waals surface area contributed by atoms with Crippen LogP contribution in [0.3, 0.4) is 0 Å². The largest absolute Gasteiger partial charge is 0.495 e. The van der Waals surface area contributed by atoms with Crippen LogP contribution in [0.5, 0.6) is 5.75 Å². The Morgan fingerprint density at radius 1 is 1.00 bits per heavy atom. The minimum Gasteiger partial charge on any atom is -0.495 e. The third-order valence-electron chi connectivity index (χ3n) is 6.73. The van der Waals surface area contributed by atoms with E-state index in [1.165, 1.54) is 11.8 Å². The second-order valence-corrected chi connectivity index (χ2v) is 10.3. The van der Waals surface area contributed by atoms with Gasteiger partial charge in [0.2, 0.25) is 5.91 Å². The molecule has 1 heterocycles. The van der Waals surface area contributed by atoms with Gasteiger partial charge in [-0.05, 0) is 49.1 Å². The van der Waals surface area contributed by atoms with Crippen molar-refractivity contribution >= 4 is 35.0 Å². The zero-order chi connectivity index (χ0) is 28.6. The van der Waals surface area contributed by atoms with Gasteiger partial charge in [0.05, 0.1) is 41.1 Å². The first-order valence-corrected chi connectivity index (χ1v) is 14.0. The minimum absolute atomic E-state index is 0.0997. The first kappa shape index (κ1) is 28.5. The monoisotopic (exact) mass is 552 g/mol. The molecule has 1 aliphatic heterocycles. The van der Waals surface area contributed by atoms with Crippen LogP contribution in [0.4, 0.5) is 11.4 Å². The van der Waals surface area contributed by atoms with Gasteiger partial charge in [0.15, 0.2) is 0 Å². The lowest BCUT2D eigenvalue weighted by molar-refractivity contribution is -0.114. The highest BCUT2D eigenvalue weighted by Gasteiger charge is 2.35. The highest BCUT2D eigenvalue weighted by Crippen LogP contribution is 2.41. The smallest absolute Gasteiger partial charge is 0.254 e. The molecule has 4 rings (SSSR count). The minimum atomic E-state index is -0.615. The molecule has 7 nitrogen and oxygen atoms in total. The van der Waals surface area contributed by atoms with Gasteiger partial charge in [-0.1, -0.05) is 79.3 Å². The molecule has 1 aliphatic rings. The molecule has 1 atom stereocenters. The molecule has 3 aromatic carbocycles. The van der Waals surface area contributed by atoms with Crippen molar-refractivity contribution in [3.05, 3.63) is 111 Å². The molecule has 40 heavy (non-hydrogen) atoms. The number of amides is 2. The fraction of sp³-hybridized carbons (Fsp3) is 0.219. The standard InChI is InChI=1S/C32H32N4O3S/c1-5-22-15-11-12-20(2)30(22)36-27(37)19-40-32-24(18-33)29(23-13-7-6-8-14-23)28(21(3)34-32)31(38)35-25-16-9-10-17-26(25)39-4/h6-17,29,34H,5,19H2,1-4H3,(H,35,38)(H,36,37). The van der Waals surface area contributed by atoms with E-state index < -0.39 is 5.92 Å². The number of para-hydroxylation sites is 3. The molecule has 204 valence electrons. The van der Waals surface area contributed by atoms with E-state index in [1.54, 1.807) is 19.2 Å². The van der Waals surface area contributed by atoms with E-state index in [9.17, 15) is 14.9 Å². The second-order valence-electron chi connectivity index (χ2n) is 9.32. The van der Waals surface area contributed by atoms with Gasteiger partial charge in [0, 0.05) is 17.0 Å². The summed E-state index contributed by atoms with van der Waals surface area (Å²) in [5.74, 6) is -0.492. The van der Waals surface area contributed by atoms with Crippen LogP contribution >= 0.6 is 11.8 Å². The number of carbonyl (C=O) groups excluding carboxylic acids is 2. The second kappa shape index (κ2) is 13.0. The molecule has 0 saturated carbocycles. The number of hydrogen-bond acceptors (Lipinski definition) is 6. The Labute approximate surface area is 239 Å². The van der Waals surface area contributed by atoms with Crippen LogP contribution in [0.15, 0.2) is 94.7 Å². The van der Waals surface area contributed by atoms with E-state index in [1.807, 2.05) is 74.5 Å². The number of hydrogen-bond donors (Lipinski definition) is 3. The van der Waals surface area contributed by atoms with Crippen LogP contribution < -0.4 is 20.7 Å². The summed E-state index contributed by atoms with van der Waals surface area (Å²) in [7, 11) is 1.54. The summed E-state index contributed by atoms with van der Waals surface area (Å²) in [5.41, 5.74) is 5.65. The molecular weight excluding hydrogens is 520 g/mol. The molecule has 8 heteroatoms. The Balaban J connectivity index is 1.63. The van der Waals surface area contributed by atoms with E-state index in [-0.39, 0.29) is 17.6 Å². The van der Waals surface area contributed by atoms with Crippen molar-refractivity contribution in [3.63, 3.8) is 0 Å². The number of nitrogens with one attached hydrogen (secondary N) is 3. The van der Waals surface area contributed by atoms with Crippen molar-refractivity contribution in [2.24, 2.45) is 0 Å². The summed E-state index contributed by atoms with van der Waals surface area (Å²) in [5, 5.41) is 20.1. The fourth-order valence-electron chi connectivity index (χ4n) is 4.76. The molecule has 0 fully saturated rings. The van der Waals surface area contributed by atoms with Crippen molar-refractivity contribution in [1.82, 2.24) is 5.32 Å². The number of anilines is 2. The number of nitriles is 1. The zero-order valence-electron chi connectivity index (χ0n) is 23.0. The topological polar surface area (TPSA) is 103 Å². The van der Waals surface area contributed by atoms with Crippen LogP contribution in [0.25, 0.3) is 0 Å². The first-order valence-electron chi connectivity index (χ1n) is 13.0. The van der Waals surface area contributed by atoms with Crippen LogP contribution in [0, 0.1) is 18.3 Å². The van der Waals surface area contributed by atoms with Crippen molar-refractivity contribution in [2.45, 2.75) is 33.1 Å². The predicted octanol–water partition coefficient (Wildman–Crippen LogP) is 6.27. The molecule has 3 N–H and O–H groups in total. The summed E-state index contributed by atoms with van der Waals surface area (Å²) in [6, 6.07) is 24.9. The van der Waals surface area contributed by atoms with Gasteiger partial charge in [-0.15, -0.1) is 0 Å². The van der Waals surface area contributed by atoms with Gasteiger partial charge in [-0.25, -0.2) is 0 Å². The number of aryl methyl sites for hydroxylation is 2. The van der Waals surface area contributed by atoms with E-state index in [0.717, 1.165) is 28.8 Å². The number of ether oxygens (including phenoxy) is 1. The lowest BCUT2D eigenvalue weighted by atomic mass is 9.82. The highest BCUT2D eigenvalue weighted by molar-refractivity contribution is 8.03. The number of allylic oxidation sites excluding steroid dienone is 2. The number of nitrogens with zero attached hydrogens (tertiary/aromatic N) is 1. The summed E-state index contributed by atoms with van der Waals surface area (Å²) in [6.45, 7) is 5.83. The lowest BCUT2D eigenvalue weighted by Gasteiger charge is -2.30. The van der Waals surface area contributed by atoms with Crippen molar-refractivity contribution in [1.29, 1.82) is 5.26 Å². The number of dihydropyridines is 1. The summed E-state index contributed by atoms with van der Waals surface area (Å²) in [4.78, 5) is 26.7. The highest BCUT2D eigenvalue weighted by atomic mass is 32.2. The van der Waals surface area contributed by atoms with Crippen LogP contribution in [0.2, 0.25) is 0 Å². The van der Waals surface area contributed by atoms with Gasteiger partial charge in [-0.2, -0.15) is 5.26 Å². The van der Waals surface area contributed by atoms with Crippen LogP contribution in [-0.4, -0.2) is 24.7 Å². The van der Waals surface area contributed by atoms with E-state index in [0.29, 0.717) is 33.3 Å². The Bertz CT molecular complexity index is 1520. The van der Waals surface area contributed by atoms with Crippen molar-refractivity contribution in [3.8, 4) is 11.8 Å². The van der Waals surface area contributed by atoms with E-state index in [2.05, 4.69) is 28.9 Å². The number of methoxy groups -OCH3 is 1. The number of thioether (sulfide) groups is 1. The molecule has 1 unspecified atom stereocenters.